The average molecular weight is 948 g/mol. The van der Waals surface area contributed by atoms with Crippen molar-refractivity contribution in [2.24, 2.45) is 11.8 Å². The number of rotatable bonds is 23. The summed E-state index contributed by atoms with van der Waals surface area (Å²) in [4.78, 5) is 26.1. The molecule has 4 fully saturated rings. The molecule has 4 saturated heterocycles. The molecule has 4 aliphatic heterocycles. The first-order chi connectivity index (χ1) is 29.3. The number of thioether (sulfide) groups is 2. The average Bonchev–Trinajstić information content (AvgIpc) is 3.24. The van der Waals surface area contributed by atoms with Gasteiger partial charge in [0.25, 0.3) is 0 Å². The summed E-state index contributed by atoms with van der Waals surface area (Å²) in [6, 6.07) is 6.27. The number of aliphatic hydroxyl groups is 1. The molecule has 0 aliphatic carbocycles. The van der Waals surface area contributed by atoms with Crippen LogP contribution in [-0.2, 0) is 42.1 Å². The van der Waals surface area contributed by atoms with E-state index in [4.69, 9.17) is 32.5 Å². The Balaban J connectivity index is 1.62. The van der Waals surface area contributed by atoms with Gasteiger partial charge in [0.2, 0.25) is 0 Å². The lowest BCUT2D eigenvalue weighted by molar-refractivity contribution is -0.354. The molecule has 4 rings (SSSR count). The molecule has 0 amide bonds. The third-order valence-electron chi connectivity index (χ3n) is 15.0. The van der Waals surface area contributed by atoms with Gasteiger partial charge in [0.15, 0.2) is 22.4 Å². The number of hydrogen-bond acceptors (Lipinski definition) is 12. The summed E-state index contributed by atoms with van der Waals surface area (Å²) in [5.41, 5.74) is -0.553. The molecule has 0 saturated carbocycles. The monoisotopic (exact) mass is 947 g/mol. The van der Waals surface area contributed by atoms with Crippen LogP contribution in [0.2, 0.25) is 36.3 Å². The molecule has 11 atom stereocenters. The number of ketones is 1. The van der Waals surface area contributed by atoms with Crippen LogP contribution in [0, 0.1) is 11.8 Å². The van der Waals surface area contributed by atoms with E-state index < -0.39 is 40.2 Å². The molecule has 0 radical (unpaired) electrons. The minimum absolute atomic E-state index is 0.0252. The van der Waals surface area contributed by atoms with Crippen molar-refractivity contribution in [2.75, 3.05) is 18.6 Å². The van der Waals surface area contributed by atoms with Crippen LogP contribution in [0.5, 0.6) is 0 Å². The molecule has 1 N–H and O–H groups in total. The minimum Gasteiger partial charge on any atom is -0.460 e. The van der Waals surface area contributed by atoms with E-state index in [1.807, 2.05) is 51.4 Å². The molecule has 362 valence electrons. The van der Waals surface area contributed by atoms with E-state index in [1.54, 1.807) is 0 Å². The standard InChI is InChI=1S/C48H90O10S2Si2/c1-14-34(8)43(57-61(15-2,16-3)17-4)45(58-62(18-5,19-6)20-7)44-40(52-13)25-26-47(56-44)48(59-27-22-28-60-48)33-35(9)41(54-47)31-37(50)29-36(49)30-38-23-21-24-39(53-38)32-42(51)55-46(10,11)12/h34-35,37-41,43-45,50H,14-33H2,1-13H3/t34-,35-,37-,38-,39+,40-,41+,43-,44-,45-,47+/m1/s1. The number of esters is 1. The highest BCUT2D eigenvalue weighted by Crippen LogP contribution is 2.62. The van der Waals surface area contributed by atoms with E-state index in [0.717, 1.165) is 92.7 Å². The van der Waals surface area contributed by atoms with Gasteiger partial charge < -0.3 is 37.6 Å². The van der Waals surface area contributed by atoms with Crippen LogP contribution in [0.4, 0.5) is 0 Å². The van der Waals surface area contributed by atoms with Crippen molar-refractivity contribution >= 4 is 51.9 Å². The fraction of sp³-hybridized carbons (Fsp3) is 0.958. The molecule has 14 heteroatoms. The van der Waals surface area contributed by atoms with Crippen molar-refractivity contribution in [3.63, 3.8) is 0 Å². The van der Waals surface area contributed by atoms with E-state index in [1.165, 1.54) is 0 Å². The summed E-state index contributed by atoms with van der Waals surface area (Å²) in [6.07, 6.45) is 4.94. The summed E-state index contributed by atoms with van der Waals surface area (Å²) in [7, 11) is -2.44. The van der Waals surface area contributed by atoms with Crippen molar-refractivity contribution in [2.45, 2.75) is 261 Å². The first-order valence-electron chi connectivity index (χ1n) is 24.9. The second-order valence-corrected chi connectivity index (χ2v) is 32.8. The molecule has 62 heavy (non-hydrogen) atoms. The van der Waals surface area contributed by atoms with Crippen molar-refractivity contribution in [1.82, 2.24) is 0 Å². The highest BCUT2D eigenvalue weighted by molar-refractivity contribution is 8.18. The molecular weight excluding hydrogens is 857 g/mol. The van der Waals surface area contributed by atoms with Gasteiger partial charge >= 0.3 is 5.97 Å². The normalized spacial score (nSPS) is 30.5. The van der Waals surface area contributed by atoms with Crippen molar-refractivity contribution in [3.8, 4) is 0 Å². The minimum atomic E-state index is -2.19. The first-order valence-corrected chi connectivity index (χ1v) is 32.0. The highest BCUT2D eigenvalue weighted by atomic mass is 32.2. The third kappa shape index (κ3) is 13.8. The molecule has 0 unspecified atom stereocenters. The molecule has 10 nitrogen and oxygen atoms in total. The predicted octanol–water partition coefficient (Wildman–Crippen LogP) is 11.5. The smallest absolute Gasteiger partial charge is 0.308 e. The van der Waals surface area contributed by atoms with Crippen LogP contribution in [0.25, 0.3) is 0 Å². The zero-order valence-corrected chi connectivity index (χ0v) is 45.0. The number of methoxy groups -OCH3 is 1. The summed E-state index contributed by atoms with van der Waals surface area (Å²) < 4.78 is 48.5. The van der Waals surface area contributed by atoms with Gasteiger partial charge in [0, 0.05) is 32.8 Å². The Bertz CT molecular complexity index is 1350. The molecule has 4 aliphatic rings. The zero-order valence-electron chi connectivity index (χ0n) is 41.4. The predicted molar refractivity (Wildman–Crippen MR) is 260 cm³/mol. The Hall–Kier alpha value is -0.00623. The van der Waals surface area contributed by atoms with Crippen LogP contribution < -0.4 is 0 Å². The van der Waals surface area contributed by atoms with Crippen molar-refractivity contribution in [3.05, 3.63) is 0 Å². The van der Waals surface area contributed by atoms with Gasteiger partial charge in [-0.2, -0.15) is 0 Å². The highest BCUT2D eigenvalue weighted by Gasteiger charge is 2.65. The quantitative estimate of drug-likeness (QED) is 0.0776. The van der Waals surface area contributed by atoms with Crippen LogP contribution in [0.3, 0.4) is 0 Å². The topological polar surface area (TPSA) is 119 Å². The summed E-state index contributed by atoms with van der Waals surface area (Å²) in [6.45, 7) is 26.3. The van der Waals surface area contributed by atoms with E-state index >= 15 is 0 Å². The summed E-state index contributed by atoms with van der Waals surface area (Å²) in [5.74, 6) is 1.25. The second-order valence-electron chi connectivity index (χ2n) is 20.3. The molecular formula is C48H90O10S2Si2. The van der Waals surface area contributed by atoms with Gasteiger partial charge in [-0.1, -0.05) is 68.7 Å². The van der Waals surface area contributed by atoms with E-state index in [2.05, 4.69) is 62.3 Å². The van der Waals surface area contributed by atoms with Gasteiger partial charge in [-0.15, -0.1) is 23.5 Å². The maximum Gasteiger partial charge on any atom is 0.308 e. The number of aliphatic hydroxyl groups excluding tert-OH is 1. The SMILES string of the molecule is CC[C@@H](C)[C@@H](O[Si](CC)(CC)CC)[C@@H](O[Si](CC)(CC)CC)[C@@H]1O[C@]2(CC[C@H]1OC)O[C@@H](C[C@H](O)CC(=O)C[C@H]1CCC[C@@H](CC(=O)OC(C)(C)C)O1)[C@H](C)CC21SCCCS1. The number of fused-ring (bicyclic) bond motifs is 1. The largest absolute Gasteiger partial charge is 0.460 e. The Kier molecular flexibility index (Phi) is 21.4. The Labute approximate surface area is 388 Å². The van der Waals surface area contributed by atoms with Gasteiger partial charge in [0.05, 0.1) is 49.1 Å². The molecule has 0 aromatic heterocycles. The lowest BCUT2D eigenvalue weighted by Gasteiger charge is -2.61. The van der Waals surface area contributed by atoms with E-state index in [-0.39, 0.29) is 83.6 Å². The van der Waals surface area contributed by atoms with Crippen molar-refractivity contribution in [1.29, 1.82) is 0 Å². The van der Waals surface area contributed by atoms with Gasteiger partial charge in [0.1, 0.15) is 21.6 Å². The molecule has 4 heterocycles. The number of carbonyl (C=O) groups is 2. The molecule has 0 bridgehead atoms. The third-order valence-corrected chi connectivity index (χ3v) is 27.9. The number of ether oxygens (including phenoxy) is 5. The van der Waals surface area contributed by atoms with Gasteiger partial charge in [-0.05, 0) is 119 Å². The summed E-state index contributed by atoms with van der Waals surface area (Å²) >= 11 is 4.00. The maximum absolute atomic E-state index is 13.5. The molecule has 2 spiro atoms. The fourth-order valence-corrected chi connectivity index (χ4v) is 20.2. The fourth-order valence-electron chi connectivity index (χ4n) is 10.5. The summed E-state index contributed by atoms with van der Waals surface area (Å²) in [5, 5.41) is 11.7. The van der Waals surface area contributed by atoms with Crippen LogP contribution in [0.1, 0.15) is 160 Å². The molecule has 0 aromatic rings. The zero-order chi connectivity index (χ0) is 45.9. The number of hydrogen-bond donors (Lipinski definition) is 1. The number of carbonyl (C=O) groups excluding carboxylic acids is 2. The molecule has 0 aromatic carbocycles. The lowest BCUT2D eigenvalue weighted by Crippen LogP contribution is -2.69. The van der Waals surface area contributed by atoms with Crippen LogP contribution in [0.15, 0.2) is 0 Å². The maximum atomic E-state index is 13.5. The second kappa shape index (κ2) is 24.3. The van der Waals surface area contributed by atoms with Crippen LogP contribution in [-0.4, -0.2) is 116 Å². The Morgan fingerprint density at radius 3 is 1.97 bits per heavy atom. The lowest BCUT2D eigenvalue weighted by atomic mass is 9.82. The van der Waals surface area contributed by atoms with Gasteiger partial charge in [-0.3, -0.25) is 9.59 Å². The van der Waals surface area contributed by atoms with E-state index in [9.17, 15) is 14.7 Å². The van der Waals surface area contributed by atoms with Crippen LogP contribution >= 0.6 is 23.5 Å². The van der Waals surface area contributed by atoms with Crippen molar-refractivity contribution < 1.29 is 47.2 Å². The first kappa shape index (κ1) is 54.6. The Morgan fingerprint density at radius 2 is 1.42 bits per heavy atom. The Morgan fingerprint density at radius 1 is 0.839 bits per heavy atom. The number of Topliss-reactive ketones (excluding diaryl/α,β-unsaturated/α-hetero) is 1. The van der Waals surface area contributed by atoms with E-state index in [0.29, 0.717) is 12.8 Å². The van der Waals surface area contributed by atoms with Gasteiger partial charge in [-0.25, -0.2) is 0 Å².